The van der Waals surface area contributed by atoms with Gasteiger partial charge >= 0.3 is 0 Å². The topological polar surface area (TPSA) is 38.7 Å². The molecule has 3 nitrogen and oxygen atoms in total. The maximum Gasteiger partial charge on any atom is 0.123 e. The number of aliphatic hydroxyl groups is 1. The van der Waals surface area contributed by atoms with Crippen LogP contribution in [0.5, 0.6) is 11.5 Å². The summed E-state index contributed by atoms with van der Waals surface area (Å²) in [6.45, 7) is 5.20. The Balaban J connectivity index is 1.23. The molecule has 0 fully saturated rings. The molecule has 1 N–H and O–H groups in total. The summed E-state index contributed by atoms with van der Waals surface area (Å²) in [5.41, 5.74) is 5.91. The second-order valence-electron chi connectivity index (χ2n) is 12.1. The van der Waals surface area contributed by atoms with E-state index in [0.717, 1.165) is 31.2 Å². The summed E-state index contributed by atoms with van der Waals surface area (Å²) in [4.78, 5) is 0. The average molecular weight is 605 g/mol. The summed E-state index contributed by atoms with van der Waals surface area (Å²) in [6.07, 6.45) is 4.25. The highest BCUT2D eigenvalue weighted by Crippen LogP contribution is 2.37. The van der Waals surface area contributed by atoms with Gasteiger partial charge in [-0.25, -0.2) is 0 Å². The molecule has 0 spiro atoms. The van der Waals surface area contributed by atoms with Crippen molar-refractivity contribution in [3.63, 3.8) is 0 Å². The molecular weight excluding hydrogens is 564 g/mol. The number of rotatable bonds is 11. The lowest BCUT2D eigenvalue weighted by Crippen LogP contribution is -2.03. The van der Waals surface area contributed by atoms with Gasteiger partial charge in [-0.2, -0.15) is 0 Å². The summed E-state index contributed by atoms with van der Waals surface area (Å²) >= 11 is 0. The maximum atomic E-state index is 10.2. The van der Waals surface area contributed by atoms with Crippen molar-refractivity contribution in [3.8, 4) is 11.5 Å². The first-order chi connectivity index (χ1) is 22.7. The van der Waals surface area contributed by atoms with Crippen LogP contribution in [-0.2, 0) is 32.7 Å². The van der Waals surface area contributed by atoms with Gasteiger partial charge in [0.15, 0.2) is 0 Å². The molecule has 0 aliphatic heterocycles. The molecule has 230 valence electrons. The highest BCUT2D eigenvalue weighted by molar-refractivity contribution is 6.06. The van der Waals surface area contributed by atoms with Crippen LogP contribution in [0.4, 0.5) is 0 Å². The fraction of sp³-hybridized carbons (Fsp3) is 0.209. The lowest BCUT2D eigenvalue weighted by Gasteiger charge is -2.19. The van der Waals surface area contributed by atoms with Gasteiger partial charge in [0.1, 0.15) is 24.7 Å². The molecule has 0 aliphatic carbocycles. The Morgan fingerprint density at radius 1 is 0.435 bits per heavy atom. The Bertz CT molecular complexity index is 1910. The van der Waals surface area contributed by atoms with Crippen molar-refractivity contribution in [3.05, 3.63) is 143 Å². The quantitative estimate of drug-likeness (QED) is 0.149. The van der Waals surface area contributed by atoms with Crippen molar-refractivity contribution in [2.75, 3.05) is 0 Å². The third kappa shape index (κ3) is 5.57. The van der Waals surface area contributed by atoms with Gasteiger partial charge in [0, 0.05) is 17.2 Å². The molecule has 0 amide bonds. The molecule has 0 radical (unpaired) electrons. The van der Waals surface area contributed by atoms with E-state index in [1.807, 2.05) is 18.2 Å². The second-order valence-corrected chi connectivity index (χ2v) is 12.1. The predicted molar refractivity (Wildman–Crippen MR) is 192 cm³/mol. The minimum absolute atomic E-state index is 0.0945. The number of hydrogen-bond donors (Lipinski definition) is 1. The van der Waals surface area contributed by atoms with Gasteiger partial charge in [-0.05, 0) is 84.8 Å². The first-order valence-electron chi connectivity index (χ1n) is 16.5. The molecule has 0 heterocycles. The van der Waals surface area contributed by atoms with Gasteiger partial charge in [0.25, 0.3) is 0 Å². The molecule has 7 rings (SSSR count). The van der Waals surface area contributed by atoms with Crippen LogP contribution >= 0.6 is 0 Å². The van der Waals surface area contributed by atoms with E-state index in [2.05, 4.69) is 111 Å². The SMILES string of the molecule is CCCc1c2ccccc2c(COc2cc(CO)cc(OCc3c4ccccc4c(CCC)c4ccccc34)c2)c2ccccc12. The van der Waals surface area contributed by atoms with Crippen molar-refractivity contribution in [1.82, 2.24) is 0 Å². The van der Waals surface area contributed by atoms with E-state index in [0.29, 0.717) is 24.7 Å². The van der Waals surface area contributed by atoms with Crippen LogP contribution in [0, 0.1) is 0 Å². The Morgan fingerprint density at radius 2 is 0.739 bits per heavy atom. The second kappa shape index (κ2) is 13.2. The van der Waals surface area contributed by atoms with E-state index in [9.17, 15) is 5.11 Å². The zero-order valence-corrected chi connectivity index (χ0v) is 26.7. The highest BCUT2D eigenvalue weighted by atomic mass is 16.5. The lowest BCUT2D eigenvalue weighted by atomic mass is 9.90. The standard InChI is InChI=1S/C43H40O3/c1-3-13-32-34-15-5-9-19-38(34)42(39-20-10-6-16-35(32)39)27-45-30-23-29(26-44)24-31(25-30)46-28-43-40-21-11-7-17-36(40)33(14-4-2)37-18-8-12-22-41(37)43/h5-12,15-25,44H,3-4,13-14,26-28H2,1-2H3. The van der Waals surface area contributed by atoms with Gasteiger partial charge in [0.2, 0.25) is 0 Å². The molecule has 3 heteroatoms. The van der Waals surface area contributed by atoms with Gasteiger partial charge in [0.05, 0.1) is 6.61 Å². The zero-order valence-electron chi connectivity index (χ0n) is 26.7. The van der Waals surface area contributed by atoms with Crippen molar-refractivity contribution >= 4 is 43.1 Å². The van der Waals surface area contributed by atoms with E-state index in [-0.39, 0.29) is 6.61 Å². The maximum absolute atomic E-state index is 10.2. The molecule has 7 aromatic rings. The van der Waals surface area contributed by atoms with Crippen molar-refractivity contribution in [2.45, 2.75) is 59.4 Å². The summed E-state index contributed by atoms with van der Waals surface area (Å²) in [6, 6.07) is 40.5. The number of aryl methyl sites for hydroxylation is 2. The Labute approximate surface area is 271 Å². The van der Waals surface area contributed by atoms with E-state index in [1.54, 1.807) is 0 Å². The molecule has 0 aliphatic rings. The average Bonchev–Trinajstić information content (AvgIpc) is 3.11. The first kappa shape index (κ1) is 29.8. The number of hydrogen-bond acceptors (Lipinski definition) is 3. The van der Waals surface area contributed by atoms with Crippen molar-refractivity contribution in [2.24, 2.45) is 0 Å². The Hall–Kier alpha value is -4.86. The molecular formula is C43H40O3. The molecule has 0 saturated heterocycles. The summed E-state index contributed by atoms with van der Waals surface area (Å²) in [5.74, 6) is 1.36. The minimum atomic E-state index is -0.0945. The summed E-state index contributed by atoms with van der Waals surface area (Å²) < 4.78 is 13.1. The third-order valence-corrected chi connectivity index (χ3v) is 9.20. The molecule has 0 bridgehead atoms. The van der Waals surface area contributed by atoms with Crippen LogP contribution in [0.1, 0.15) is 54.5 Å². The fourth-order valence-corrected chi connectivity index (χ4v) is 7.17. The van der Waals surface area contributed by atoms with Crippen LogP contribution in [0.15, 0.2) is 115 Å². The van der Waals surface area contributed by atoms with Gasteiger partial charge in [-0.3, -0.25) is 0 Å². The van der Waals surface area contributed by atoms with Crippen molar-refractivity contribution < 1.29 is 14.6 Å². The molecule has 7 aromatic carbocycles. The number of aliphatic hydroxyl groups excluding tert-OH is 1. The molecule has 0 unspecified atom stereocenters. The highest BCUT2D eigenvalue weighted by Gasteiger charge is 2.16. The fourth-order valence-electron chi connectivity index (χ4n) is 7.17. The smallest absolute Gasteiger partial charge is 0.123 e. The van der Waals surface area contributed by atoms with E-state index >= 15 is 0 Å². The van der Waals surface area contributed by atoms with Crippen LogP contribution < -0.4 is 9.47 Å². The number of ether oxygens (including phenoxy) is 2. The minimum Gasteiger partial charge on any atom is -0.489 e. The van der Waals surface area contributed by atoms with Gasteiger partial charge in [-0.1, -0.05) is 124 Å². The van der Waals surface area contributed by atoms with Crippen LogP contribution in [0.25, 0.3) is 43.1 Å². The van der Waals surface area contributed by atoms with Crippen LogP contribution in [0.3, 0.4) is 0 Å². The third-order valence-electron chi connectivity index (χ3n) is 9.20. The van der Waals surface area contributed by atoms with Crippen LogP contribution in [-0.4, -0.2) is 5.11 Å². The number of fused-ring (bicyclic) bond motifs is 4. The lowest BCUT2D eigenvalue weighted by molar-refractivity contribution is 0.271. The summed E-state index contributed by atoms with van der Waals surface area (Å²) in [7, 11) is 0. The number of benzene rings is 7. The van der Waals surface area contributed by atoms with E-state index in [4.69, 9.17) is 9.47 Å². The molecule has 0 saturated carbocycles. The van der Waals surface area contributed by atoms with Crippen molar-refractivity contribution in [1.29, 1.82) is 0 Å². The normalized spacial score (nSPS) is 11.5. The molecule has 0 aromatic heterocycles. The Kier molecular flexibility index (Phi) is 8.59. The Morgan fingerprint density at radius 3 is 1.02 bits per heavy atom. The first-order valence-corrected chi connectivity index (χ1v) is 16.5. The predicted octanol–water partition coefficient (Wildman–Crippen LogP) is 10.9. The largest absolute Gasteiger partial charge is 0.489 e. The zero-order chi connectivity index (χ0) is 31.5. The summed E-state index contributed by atoms with van der Waals surface area (Å²) in [5, 5.41) is 20.2. The van der Waals surface area contributed by atoms with E-state index in [1.165, 1.54) is 65.3 Å². The monoisotopic (exact) mass is 604 g/mol. The van der Waals surface area contributed by atoms with Gasteiger partial charge in [-0.15, -0.1) is 0 Å². The van der Waals surface area contributed by atoms with Gasteiger partial charge < -0.3 is 14.6 Å². The van der Waals surface area contributed by atoms with E-state index < -0.39 is 0 Å². The molecule has 0 atom stereocenters. The van der Waals surface area contributed by atoms with Crippen LogP contribution in [0.2, 0.25) is 0 Å². The molecule has 46 heavy (non-hydrogen) atoms.